The van der Waals surface area contributed by atoms with Gasteiger partial charge in [0.25, 0.3) is 6.02 Å². The maximum atomic E-state index is 6.02. The van der Waals surface area contributed by atoms with Gasteiger partial charge in [0.05, 0.1) is 0 Å². The lowest BCUT2D eigenvalue weighted by Gasteiger charge is -2.33. The molecule has 0 saturated carbocycles. The molecule has 0 radical (unpaired) electrons. The van der Waals surface area contributed by atoms with Gasteiger partial charge in [0.2, 0.25) is 0 Å². The van der Waals surface area contributed by atoms with Crippen molar-refractivity contribution in [2.45, 2.75) is 5.54 Å². The summed E-state index contributed by atoms with van der Waals surface area (Å²) in [6.07, 6.45) is 0. The van der Waals surface area contributed by atoms with Crippen LogP contribution in [0.5, 0.6) is 11.5 Å². The first-order valence-electron chi connectivity index (χ1n) is 6.34. The van der Waals surface area contributed by atoms with Crippen molar-refractivity contribution >= 4 is 44.5 Å². The Morgan fingerprint density at radius 1 is 1.14 bits per heavy atom. The van der Waals surface area contributed by atoms with E-state index in [9.17, 15) is 0 Å². The van der Waals surface area contributed by atoms with Crippen LogP contribution in [0.25, 0.3) is 0 Å². The highest BCUT2D eigenvalue weighted by Crippen LogP contribution is 2.51. The summed E-state index contributed by atoms with van der Waals surface area (Å²) in [7, 11) is 0. The molecule has 2 aliphatic rings. The second-order valence-corrected chi connectivity index (χ2v) is 7.14. The average Bonchev–Trinajstić information content (AvgIpc) is 2.84. The molecule has 1 spiro atoms. The molecule has 2 N–H and O–H groups in total. The number of hydrogen-bond donors (Lipinski definition) is 1. The van der Waals surface area contributed by atoms with Crippen molar-refractivity contribution < 1.29 is 9.47 Å². The molecule has 0 unspecified atom stereocenters. The lowest BCUT2D eigenvalue weighted by Crippen LogP contribution is -2.31. The summed E-state index contributed by atoms with van der Waals surface area (Å²) >= 11 is 5.79. The third-order valence-electron chi connectivity index (χ3n) is 3.72. The number of aliphatic imine (C=N–C) groups is 1. The van der Waals surface area contributed by atoms with E-state index in [1.54, 1.807) is 0 Å². The number of fused-ring (bicyclic) bond motifs is 4. The highest BCUT2D eigenvalue weighted by atomic mass is 127. The molecule has 0 saturated heterocycles. The molecule has 4 nitrogen and oxygen atoms in total. The van der Waals surface area contributed by atoms with E-state index in [4.69, 9.17) is 15.2 Å². The van der Waals surface area contributed by atoms with Crippen LogP contribution in [0.4, 0.5) is 0 Å². The summed E-state index contributed by atoms with van der Waals surface area (Å²) in [5, 5.41) is 0. The number of amidine groups is 1. The molecule has 0 aliphatic carbocycles. The fraction of sp³-hybridized carbons (Fsp3) is 0.133. The Morgan fingerprint density at radius 3 is 2.57 bits per heavy atom. The predicted octanol–water partition coefficient (Wildman–Crippen LogP) is 3.75. The number of hydrogen-bond acceptors (Lipinski definition) is 4. The van der Waals surface area contributed by atoms with Gasteiger partial charge >= 0.3 is 0 Å². The lowest BCUT2D eigenvalue weighted by atomic mass is 9.81. The first kappa shape index (κ1) is 13.4. The Hall–Kier alpha value is -1.28. The van der Waals surface area contributed by atoms with Gasteiger partial charge in [-0.3, -0.25) is 0 Å². The van der Waals surface area contributed by atoms with Crippen molar-refractivity contribution in [2.24, 2.45) is 10.7 Å². The summed E-state index contributed by atoms with van der Waals surface area (Å²) in [6, 6.07) is 12.2. The van der Waals surface area contributed by atoms with E-state index in [2.05, 4.69) is 49.6 Å². The standard InChI is InChI=1S/C15H10BrIN2O2/c16-8-1-3-12-10(5-8)15(7-20-14(18)19-15)11-6-9(17)2-4-13(11)21-12/h1-6H,7H2,(H2,18,19)/t15-/m1/s1. The summed E-state index contributed by atoms with van der Waals surface area (Å²) < 4.78 is 13.6. The second kappa shape index (κ2) is 4.61. The van der Waals surface area contributed by atoms with E-state index in [0.29, 0.717) is 6.61 Å². The minimum Gasteiger partial charge on any atom is -0.462 e. The van der Waals surface area contributed by atoms with Gasteiger partial charge in [-0.1, -0.05) is 15.9 Å². The molecule has 2 aromatic carbocycles. The molecule has 106 valence electrons. The maximum Gasteiger partial charge on any atom is 0.283 e. The molecule has 2 heterocycles. The molecule has 0 aromatic heterocycles. The van der Waals surface area contributed by atoms with E-state index >= 15 is 0 Å². The zero-order valence-corrected chi connectivity index (χ0v) is 14.5. The van der Waals surface area contributed by atoms with Gasteiger partial charge in [-0.2, -0.15) is 0 Å². The van der Waals surface area contributed by atoms with Crippen LogP contribution in [0.2, 0.25) is 0 Å². The molecular weight excluding hydrogens is 447 g/mol. The molecule has 0 bridgehead atoms. The maximum absolute atomic E-state index is 6.02. The van der Waals surface area contributed by atoms with Crippen LogP contribution in [0.15, 0.2) is 45.9 Å². The monoisotopic (exact) mass is 456 g/mol. The summed E-state index contributed by atoms with van der Waals surface area (Å²) in [5.41, 5.74) is 7.13. The minimum atomic E-state index is -0.627. The van der Waals surface area contributed by atoms with Crippen molar-refractivity contribution in [1.82, 2.24) is 0 Å². The van der Waals surface area contributed by atoms with Gasteiger partial charge in [0.1, 0.15) is 18.1 Å². The number of ether oxygens (including phenoxy) is 2. The topological polar surface area (TPSA) is 56.8 Å². The van der Waals surface area contributed by atoms with Gasteiger partial charge in [0.15, 0.2) is 5.54 Å². The Balaban J connectivity index is 2.05. The van der Waals surface area contributed by atoms with E-state index in [1.807, 2.05) is 30.3 Å². The zero-order chi connectivity index (χ0) is 14.6. The van der Waals surface area contributed by atoms with Gasteiger partial charge < -0.3 is 15.2 Å². The number of nitrogens with two attached hydrogens (primary N) is 1. The third kappa shape index (κ3) is 1.96. The Labute approximate surface area is 143 Å². The minimum absolute atomic E-state index is 0.215. The van der Waals surface area contributed by atoms with Gasteiger partial charge in [0, 0.05) is 19.2 Å². The van der Waals surface area contributed by atoms with Crippen LogP contribution >= 0.6 is 38.5 Å². The molecule has 6 heteroatoms. The van der Waals surface area contributed by atoms with Crippen molar-refractivity contribution in [1.29, 1.82) is 0 Å². The summed E-state index contributed by atoms with van der Waals surface area (Å²) in [6.45, 7) is 0.388. The third-order valence-corrected chi connectivity index (χ3v) is 4.89. The van der Waals surface area contributed by atoms with Crippen molar-refractivity contribution in [3.8, 4) is 11.5 Å². The van der Waals surface area contributed by atoms with Crippen molar-refractivity contribution in [3.63, 3.8) is 0 Å². The molecule has 1 atom stereocenters. The van der Waals surface area contributed by atoms with E-state index < -0.39 is 5.54 Å². The zero-order valence-electron chi connectivity index (χ0n) is 10.8. The number of halogens is 2. The first-order valence-corrected chi connectivity index (χ1v) is 8.22. The van der Waals surface area contributed by atoms with Crippen molar-refractivity contribution in [2.75, 3.05) is 6.61 Å². The average molecular weight is 457 g/mol. The second-order valence-electron chi connectivity index (χ2n) is 4.98. The van der Waals surface area contributed by atoms with Gasteiger partial charge in [-0.25, -0.2) is 4.99 Å². The summed E-state index contributed by atoms with van der Waals surface area (Å²) in [4.78, 5) is 4.61. The first-order chi connectivity index (χ1) is 10.1. The smallest absolute Gasteiger partial charge is 0.283 e. The molecule has 0 amide bonds. The van der Waals surface area contributed by atoms with E-state index in [1.165, 1.54) is 0 Å². The Morgan fingerprint density at radius 2 is 1.86 bits per heavy atom. The molecule has 0 fully saturated rings. The highest BCUT2D eigenvalue weighted by Gasteiger charge is 2.47. The fourth-order valence-electron chi connectivity index (χ4n) is 2.80. The molecular formula is C15H10BrIN2O2. The normalized spacial score (nSPS) is 22.1. The van der Waals surface area contributed by atoms with E-state index in [0.717, 1.165) is 30.7 Å². The fourth-order valence-corrected chi connectivity index (χ4v) is 3.65. The van der Waals surface area contributed by atoms with Crippen LogP contribution in [0.3, 0.4) is 0 Å². The number of rotatable bonds is 0. The number of nitrogens with zero attached hydrogens (tertiary/aromatic N) is 1. The predicted molar refractivity (Wildman–Crippen MR) is 91.7 cm³/mol. The van der Waals surface area contributed by atoms with Crippen LogP contribution in [0.1, 0.15) is 11.1 Å². The largest absolute Gasteiger partial charge is 0.462 e. The van der Waals surface area contributed by atoms with Crippen LogP contribution in [-0.4, -0.2) is 12.6 Å². The quantitative estimate of drug-likeness (QED) is 0.614. The molecule has 2 aromatic rings. The SMILES string of the molecule is NC1=N[C@]2(CO1)c1cc(Br)ccc1Oc1ccc(I)cc12. The Bertz CT molecular complexity index is 740. The Kier molecular flexibility index (Phi) is 2.94. The van der Waals surface area contributed by atoms with Crippen LogP contribution < -0.4 is 10.5 Å². The number of benzene rings is 2. The molecule has 4 rings (SSSR count). The highest BCUT2D eigenvalue weighted by molar-refractivity contribution is 14.1. The van der Waals surface area contributed by atoms with Gasteiger partial charge in [-0.15, -0.1) is 0 Å². The summed E-state index contributed by atoms with van der Waals surface area (Å²) in [5.74, 6) is 1.58. The van der Waals surface area contributed by atoms with Crippen LogP contribution in [-0.2, 0) is 10.3 Å². The van der Waals surface area contributed by atoms with Crippen LogP contribution in [0, 0.1) is 3.57 Å². The van der Waals surface area contributed by atoms with Gasteiger partial charge in [-0.05, 0) is 59.0 Å². The van der Waals surface area contributed by atoms with Crippen molar-refractivity contribution in [3.05, 3.63) is 55.6 Å². The lowest BCUT2D eigenvalue weighted by molar-refractivity contribution is 0.264. The van der Waals surface area contributed by atoms with E-state index in [-0.39, 0.29) is 6.02 Å². The molecule has 2 aliphatic heterocycles. The molecule has 21 heavy (non-hydrogen) atoms.